The van der Waals surface area contributed by atoms with Gasteiger partial charge in [-0.15, -0.1) is 0 Å². The zero-order valence-corrected chi connectivity index (χ0v) is 13.8. The molecular formula is C15H25ClN2OS. The minimum atomic E-state index is -0.369. The molecule has 0 spiro atoms. The molecule has 0 aliphatic rings. The Labute approximate surface area is 132 Å². The number of carbonyl (C=O) groups is 1. The zero-order chi connectivity index (χ0) is 13.9. The van der Waals surface area contributed by atoms with Gasteiger partial charge in [-0.25, -0.2) is 0 Å². The van der Waals surface area contributed by atoms with Crippen LogP contribution in [0.5, 0.6) is 0 Å². The van der Waals surface area contributed by atoms with Gasteiger partial charge in [-0.1, -0.05) is 50.8 Å². The fraction of sp³-hybridized carbons (Fsp3) is 0.600. The van der Waals surface area contributed by atoms with Gasteiger partial charge in [0, 0.05) is 12.1 Å². The molecular weight excluding hydrogens is 292 g/mol. The number of rotatable bonds is 10. The van der Waals surface area contributed by atoms with Crippen LogP contribution in [0.2, 0.25) is 0 Å². The van der Waals surface area contributed by atoms with Crippen LogP contribution in [0.1, 0.15) is 55.8 Å². The molecule has 0 fully saturated rings. The smallest absolute Gasteiger partial charge is 0.249 e. The van der Waals surface area contributed by atoms with Crippen molar-refractivity contribution in [2.45, 2.75) is 51.3 Å². The average Bonchev–Trinajstić information content (AvgIpc) is 2.42. The second kappa shape index (κ2) is 12.0. The Hall–Kier alpha value is -0.740. The standard InChI is InChI=1S/C15H24N2OS.ClH/c1-2-3-4-5-6-7-12-19-13-17-10-8-14(9-11-17)15(16)18;/h8-11H,2-7,12-13H2,1H3,(H-,16,18);1H. The lowest BCUT2D eigenvalue weighted by Gasteiger charge is -2.00. The van der Waals surface area contributed by atoms with Crippen molar-refractivity contribution < 1.29 is 21.8 Å². The number of carbonyl (C=O) groups excluding carboxylic acids is 1. The molecule has 2 N–H and O–H groups in total. The van der Waals surface area contributed by atoms with Gasteiger partial charge >= 0.3 is 0 Å². The summed E-state index contributed by atoms with van der Waals surface area (Å²) in [5.74, 6) is 1.77. The number of nitrogens with zero attached hydrogens (tertiary/aromatic N) is 1. The van der Waals surface area contributed by atoms with E-state index in [1.807, 2.05) is 24.2 Å². The summed E-state index contributed by atoms with van der Waals surface area (Å²) >= 11 is 1.93. The highest BCUT2D eigenvalue weighted by molar-refractivity contribution is 7.98. The Balaban J connectivity index is 0.00000361. The Morgan fingerprint density at radius 3 is 2.35 bits per heavy atom. The van der Waals surface area contributed by atoms with Gasteiger partial charge in [-0.05, 0) is 12.2 Å². The minimum absolute atomic E-state index is 0. The Morgan fingerprint density at radius 1 is 1.15 bits per heavy atom. The Kier molecular flexibility index (Phi) is 11.6. The van der Waals surface area contributed by atoms with Crippen LogP contribution in [0.4, 0.5) is 0 Å². The van der Waals surface area contributed by atoms with E-state index < -0.39 is 0 Å². The third-order valence-corrected chi connectivity index (χ3v) is 4.12. The molecule has 0 unspecified atom stereocenters. The molecule has 1 aromatic rings. The fourth-order valence-corrected chi connectivity index (χ4v) is 2.78. The molecule has 0 bridgehead atoms. The van der Waals surface area contributed by atoms with Crippen LogP contribution in [0, 0.1) is 0 Å². The molecule has 1 aromatic heterocycles. The third-order valence-electron chi connectivity index (χ3n) is 3.06. The van der Waals surface area contributed by atoms with Crippen LogP contribution < -0.4 is 22.7 Å². The number of halogens is 1. The highest BCUT2D eigenvalue weighted by atomic mass is 35.5. The van der Waals surface area contributed by atoms with Gasteiger partial charge in [0.15, 0.2) is 18.3 Å². The molecule has 0 aliphatic heterocycles. The lowest BCUT2D eigenvalue weighted by Crippen LogP contribution is -3.00. The van der Waals surface area contributed by atoms with Crippen molar-refractivity contribution in [1.29, 1.82) is 0 Å². The lowest BCUT2D eigenvalue weighted by atomic mass is 10.1. The summed E-state index contributed by atoms with van der Waals surface area (Å²) in [5, 5.41) is 0. The van der Waals surface area contributed by atoms with E-state index in [0.717, 1.165) is 5.88 Å². The number of nitrogens with two attached hydrogens (primary N) is 1. The van der Waals surface area contributed by atoms with Crippen LogP contribution in [0.3, 0.4) is 0 Å². The van der Waals surface area contributed by atoms with Crippen molar-refractivity contribution in [3.8, 4) is 0 Å². The van der Waals surface area contributed by atoms with Crippen LogP contribution in [0.25, 0.3) is 0 Å². The second-order valence-corrected chi connectivity index (χ2v) is 5.85. The first-order valence-electron chi connectivity index (χ1n) is 7.10. The summed E-state index contributed by atoms with van der Waals surface area (Å²) in [4.78, 5) is 10.9. The SMILES string of the molecule is CCCCCCCCSC[n+]1ccc(C(N)=O)cc1.[Cl-]. The number of amides is 1. The summed E-state index contributed by atoms with van der Waals surface area (Å²) in [6.45, 7) is 2.25. The summed E-state index contributed by atoms with van der Waals surface area (Å²) in [6, 6.07) is 3.54. The normalized spacial score (nSPS) is 10.1. The van der Waals surface area contributed by atoms with Crippen molar-refractivity contribution in [1.82, 2.24) is 0 Å². The molecule has 20 heavy (non-hydrogen) atoms. The number of pyridine rings is 1. The van der Waals surface area contributed by atoms with Crippen molar-refractivity contribution >= 4 is 17.7 Å². The zero-order valence-electron chi connectivity index (χ0n) is 12.2. The largest absolute Gasteiger partial charge is 1.00 e. The van der Waals surface area contributed by atoms with E-state index in [1.54, 1.807) is 12.1 Å². The molecule has 5 heteroatoms. The minimum Gasteiger partial charge on any atom is -1.00 e. The van der Waals surface area contributed by atoms with Crippen LogP contribution in [-0.4, -0.2) is 11.7 Å². The fourth-order valence-electron chi connectivity index (χ4n) is 1.86. The number of aromatic nitrogens is 1. The highest BCUT2D eigenvalue weighted by Gasteiger charge is 2.04. The van der Waals surface area contributed by atoms with E-state index in [-0.39, 0.29) is 18.3 Å². The van der Waals surface area contributed by atoms with E-state index >= 15 is 0 Å². The first-order chi connectivity index (χ1) is 9.24. The topological polar surface area (TPSA) is 47.0 Å². The maximum Gasteiger partial charge on any atom is 0.249 e. The van der Waals surface area contributed by atoms with Gasteiger partial charge in [0.2, 0.25) is 5.91 Å². The molecule has 0 aromatic carbocycles. The molecule has 1 amide bonds. The third kappa shape index (κ3) is 8.43. The number of hydrogen-bond donors (Lipinski definition) is 1. The van der Waals surface area contributed by atoms with Gasteiger partial charge in [0.25, 0.3) is 0 Å². The van der Waals surface area contributed by atoms with E-state index in [2.05, 4.69) is 11.5 Å². The van der Waals surface area contributed by atoms with Crippen molar-refractivity contribution in [2.24, 2.45) is 5.73 Å². The monoisotopic (exact) mass is 316 g/mol. The number of primary amides is 1. The average molecular weight is 317 g/mol. The Bertz CT molecular complexity index is 371. The molecule has 3 nitrogen and oxygen atoms in total. The number of unbranched alkanes of at least 4 members (excludes halogenated alkanes) is 5. The molecule has 0 atom stereocenters. The molecule has 1 rings (SSSR count). The highest BCUT2D eigenvalue weighted by Crippen LogP contribution is 2.09. The summed E-state index contributed by atoms with van der Waals surface area (Å²) in [6.07, 6.45) is 11.9. The van der Waals surface area contributed by atoms with Gasteiger partial charge in [-0.3, -0.25) is 4.79 Å². The van der Waals surface area contributed by atoms with Gasteiger partial charge in [-0.2, -0.15) is 4.57 Å². The van der Waals surface area contributed by atoms with Crippen LogP contribution in [0.15, 0.2) is 24.5 Å². The molecule has 1 heterocycles. The maximum absolute atomic E-state index is 10.9. The molecule has 0 radical (unpaired) electrons. The van der Waals surface area contributed by atoms with Gasteiger partial charge < -0.3 is 18.1 Å². The van der Waals surface area contributed by atoms with E-state index in [1.165, 1.54) is 44.3 Å². The van der Waals surface area contributed by atoms with E-state index in [0.29, 0.717) is 5.56 Å². The second-order valence-electron chi connectivity index (χ2n) is 4.77. The van der Waals surface area contributed by atoms with Crippen LogP contribution >= 0.6 is 11.8 Å². The lowest BCUT2D eigenvalue weighted by molar-refractivity contribution is -0.675. The van der Waals surface area contributed by atoms with Crippen molar-refractivity contribution in [3.63, 3.8) is 0 Å². The predicted molar refractivity (Wildman–Crippen MR) is 81.0 cm³/mol. The number of thioether (sulfide) groups is 1. The number of hydrogen-bond acceptors (Lipinski definition) is 2. The van der Waals surface area contributed by atoms with E-state index in [9.17, 15) is 4.79 Å². The Morgan fingerprint density at radius 2 is 1.75 bits per heavy atom. The molecule has 0 aliphatic carbocycles. The maximum atomic E-state index is 10.9. The van der Waals surface area contributed by atoms with E-state index in [4.69, 9.17) is 5.73 Å². The first-order valence-corrected chi connectivity index (χ1v) is 8.26. The van der Waals surface area contributed by atoms with Gasteiger partial charge in [0.1, 0.15) is 0 Å². The quantitative estimate of drug-likeness (QED) is 0.493. The summed E-state index contributed by atoms with van der Waals surface area (Å²) < 4.78 is 2.08. The molecule has 114 valence electrons. The van der Waals surface area contributed by atoms with Crippen molar-refractivity contribution in [2.75, 3.05) is 5.75 Å². The summed E-state index contributed by atoms with van der Waals surface area (Å²) in [7, 11) is 0. The molecule has 0 saturated carbocycles. The predicted octanol–water partition coefficient (Wildman–Crippen LogP) is 0.128. The van der Waals surface area contributed by atoms with Gasteiger partial charge in [0.05, 0.1) is 5.56 Å². The first kappa shape index (κ1) is 19.3. The molecule has 0 saturated heterocycles. The van der Waals surface area contributed by atoms with Crippen LogP contribution in [-0.2, 0) is 5.88 Å². The summed E-state index contributed by atoms with van der Waals surface area (Å²) in [5.41, 5.74) is 5.77. The van der Waals surface area contributed by atoms with Crippen molar-refractivity contribution in [3.05, 3.63) is 30.1 Å².